The number of amides is 1. The van der Waals surface area contributed by atoms with E-state index >= 15 is 0 Å². The maximum absolute atomic E-state index is 12.8. The van der Waals surface area contributed by atoms with Crippen molar-refractivity contribution in [1.82, 2.24) is 5.43 Å². The van der Waals surface area contributed by atoms with Gasteiger partial charge in [-0.2, -0.15) is 5.10 Å². The maximum Gasteiger partial charge on any atom is 0.271 e. The molecule has 1 amide bonds. The number of rotatable bonds is 11. The van der Waals surface area contributed by atoms with E-state index in [-0.39, 0.29) is 0 Å². The van der Waals surface area contributed by atoms with Gasteiger partial charge in [-0.25, -0.2) is 5.43 Å². The Bertz CT molecular complexity index is 1410. The molecule has 0 unspecified atom stereocenters. The van der Waals surface area contributed by atoms with Gasteiger partial charge in [0.1, 0.15) is 19.0 Å². The van der Waals surface area contributed by atoms with Crippen molar-refractivity contribution >= 4 is 35.3 Å². The Morgan fingerprint density at radius 1 is 0.763 bits per heavy atom. The molecule has 0 aliphatic heterocycles. The molecule has 4 aromatic carbocycles. The quantitative estimate of drug-likeness (QED) is 0.157. The van der Waals surface area contributed by atoms with Gasteiger partial charge < -0.3 is 14.2 Å². The van der Waals surface area contributed by atoms with Crippen LogP contribution < -0.4 is 19.6 Å². The first-order valence-electron chi connectivity index (χ1n) is 12.0. The minimum Gasteiger partial charge on any atom is -0.490 e. The van der Waals surface area contributed by atoms with Gasteiger partial charge in [-0.3, -0.25) is 4.79 Å². The number of halogens is 2. The summed E-state index contributed by atoms with van der Waals surface area (Å²) in [6, 6.07) is 27.4. The first kappa shape index (κ1) is 27.0. The molecule has 0 saturated carbocycles. The second-order valence-corrected chi connectivity index (χ2v) is 9.04. The number of carbonyl (C=O) groups excluding carboxylic acids is 1. The van der Waals surface area contributed by atoms with Gasteiger partial charge in [-0.05, 0) is 66.6 Å². The predicted molar refractivity (Wildman–Crippen MR) is 151 cm³/mol. The Morgan fingerprint density at radius 3 is 2.26 bits per heavy atom. The molecule has 0 fully saturated rings. The van der Waals surface area contributed by atoms with E-state index in [0.717, 1.165) is 11.1 Å². The number of carbonyl (C=O) groups is 1. The summed E-state index contributed by atoms with van der Waals surface area (Å²) in [6.45, 7) is 3.00. The fourth-order valence-electron chi connectivity index (χ4n) is 3.54. The van der Waals surface area contributed by atoms with Crippen LogP contribution in [0.25, 0.3) is 0 Å². The van der Waals surface area contributed by atoms with Gasteiger partial charge in [0.25, 0.3) is 5.91 Å². The Labute approximate surface area is 231 Å². The number of nitrogens with zero attached hydrogens (tertiary/aromatic N) is 1. The van der Waals surface area contributed by atoms with Crippen molar-refractivity contribution in [3.8, 4) is 17.2 Å². The first-order chi connectivity index (χ1) is 18.5. The number of hydrazone groups is 1. The van der Waals surface area contributed by atoms with Crippen molar-refractivity contribution in [2.75, 3.05) is 6.61 Å². The Hall–Kier alpha value is -4.00. The van der Waals surface area contributed by atoms with E-state index in [1.165, 1.54) is 6.21 Å². The van der Waals surface area contributed by atoms with Gasteiger partial charge >= 0.3 is 0 Å². The fourth-order valence-corrected chi connectivity index (χ4v) is 3.93. The molecule has 0 saturated heterocycles. The van der Waals surface area contributed by atoms with E-state index in [1.807, 2.05) is 55.5 Å². The van der Waals surface area contributed by atoms with E-state index in [0.29, 0.717) is 58.2 Å². The number of ether oxygens (including phenoxy) is 3. The summed E-state index contributed by atoms with van der Waals surface area (Å²) in [5.74, 6) is 1.19. The summed E-state index contributed by atoms with van der Waals surface area (Å²) in [7, 11) is 0. The molecule has 0 spiro atoms. The van der Waals surface area contributed by atoms with E-state index in [1.54, 1.807) is 42.5 Å². The highest BCUT2D eigenvalue weighted by Crippen LogP contribution is 2.29. The summed E-state index contributed by atoms with van der Waals surface area (Å²) in [4.78, 5) is 12.8. The molecular formula is C30H26Cl2N2O4. The minimum atomic E-state index is -0.403. The van der Waals surface area contributed by atoms with Crippen LogP contribution in [0.3, 0.4) is 0 Å². The van der Waals surface area contributed by atoms with Crippen LogP contribution in [-0.4, -0.2) is 18.7 Å². The second kappa shape index (κ2) is 13.5. The smallest absolute Gasteiger partial charge is 0.271 e. The molecule has 0 radical (unpaired) electrons. The molecule has 0 aliphatic rings. The summed E-state index contributed by atoms with van der Waals surface area (Å²) in [6.07, 6.45) is 1.48. The van der Waals surface area contributed by atoms with Gasteiger partial charge in [0, 0.05) is 21.2 Å². The minimum absolute atomic E-state index is 0.314. The normalized spacial score (nSPS) is 10.8. The Kier molecular flexibility index (Phi) is 9.62. The molecule has 1 N–H and O–H groups in total. The van der Waals surface area contributed by atoms with Crippen LogP contribution in [0.15, 0.2) is 96.1 Å². The summed E-state index contributed by atoms with van der Waals surface area (Å²) in [5, 5.41) is 5.25. The van der Waals surface area contributed by atoms with Gasteiger partial charge in [0.15, 0.2) is 11.5 Å². The van der Waals surface area contributed by atoms with Crippen molar-refractivity contribution in [1.29, 1.82) is 0 Å². The molecule has 0 aromatic heterocycles. The van der Waals surface area contributed by atoms with Crippen molar-refractivity contribution < 1.29 is 19.0 Å². The lowest BCUT2D eigenvalue weighted by molar-refractivity contribution is 0.0954. The summed E-state index contributed by atoms with van der Waals surface area (Å²) in [5.41, 5.74) is 5.48. The monoisotopic (exact) mass is 548 g/mol. The van der Waals surface area contributed by atoms with Crippen molar-refractivity contribution in [3.05, 3.63) is 123 Å². The van der Waals surface area contributed by atoms with Crippen LogP contribution in [0.4, 0.5) is 0 Å². The van der Waals surface area contributed by atoms with Crippen LogP contribution in [0.5, 0.6) is 17.2 Å². The lowest BCUT2D eigenvalue weighted by atomic mass is 10.2. The van der Waals surface area contributed by atoms with E-state index < -0.39 is 5.91 Å². The van der Waals surface area contributed by atoms with Gasteiger partial charge in [-0.15, -0.1) is 0 Å². The summed E-state index contributed by atoms with van der Waals surface area (Å²) >= 11 is 12.2. The number of benzene rings is 4. The lowest BCUT2D eigenvalue weighted by Crippen LogP contribution is -2.18. The Morgan fingerprint density at radius 2 is 1.47 bits per heavy atom. The van der Waals surface area contributed by atoms with E-state index in [4.69, 9.17) is 37.4 Å². The van der Waals surface area contributed by atoms with Gasteiger partial charge in [0.05, 0.1) is 12.8 Å². The number of hydrogen-bond acceptors (Lipinski definition) is 5. The highest BCUT2D eigenvalue weighted by molar-refractivity contribution is 6.31. The maximum atomic E-state index is 12.8. The molecule has 0 aliphatic carbocycles. The van der Waals surface area contributed by atoms with Crippen molar-refractivity contribution in [2.45, 2.75) is 20.1 Å². The van der Waals surface area contributed by atoms with Crippen molar-refractivity contribution in [3.63, 3.8) is 0 Å². The highest BCUT2D eigenvalue weighted by Gasteiger charge is 2.12. The largest absolute Gasteiger partial charge is 0.490 e. The van der Waals surface area contributed by atoms with Crippen molar-refractivity contribution in [2.24, 2.45) is 5.10 Å². The molecule has 38 heavy (non-hydrogen) atoms. The third-order valence-corrected chi connectivity index (χ3v) is 5.84. The van der Waals surface area contributed by atoms with Crippen LogP contribution in [0.2, 0.25) is 10.0 Å². The zero-order valence-corrected chi connectivity index (χ0v) is 22.2. The van der Waals surface area contributed by atoms with Gasteiger partial charge in [0.2, 0.25) is 0 Å². The lowest BCUT2D eigenvalue weighted by Gasteiger charge is -2.13. The molecule has 6 nitrogen and oxygen atoms in total. The van der Waals surface area contributed by atoms with Crippen LogP contribution in [0, 0.1) is 0 Å². The van der Waals surface area contributed by atoms with Crippen LogP contribution in [-0.2, 0) is 13.2 Å². The molecular weight excluding hydrogens is 523 g/mol. The van der Waals surface area contributed by atoms with Gasteiger partial charge in [-0.1, -0.05) is 65.7 Å². The third kappa shape index (κ3) is 7.75. The third-order valence-electron chi connectivity index (χ3n) is 5.37. The molecule has 0 atom stereocenters. The molecule has 0 bridgehead atoms. The highest BCUT2D eigenvalue weighted by atomic mass is 35.5. The molecule has 4 aromatic rings. The fraction of sp³-hybridized carbons (Fsp3) is 0.133. The number of hydrogen-bond donors (Lipinski definition) is 1. The molecule has 0 heterocycles. The molecule has 4 rings (SSSR count). The van der Waals surface area contributed by atoms with E-state index in [9.17, 15) is 4.79 Å². The average Bonchev–Trinajstić information content (AvgIpc) is 2.92. The zero-order valence-electron chi connectivity index (χ0n) is 20.7. The SMILES string of the molecule is CCOc1cc(C(=O)N/N=C/c2cc(Cl)ccc2OCc2cccc(Cl)c2)ccc1OCc1ccccc1. The average molecular weight is 549 g/mol. The predicted octanol–water partition coefficient (Wildman–Crippen LogP) is 7.31. The summed E-state index contributed by atoms with van der Waals surface area (Å²) < 4.78 is 17.6. The topological polar surface area (TPSA) is 69.2 Å². The first-order valence-corrected chi connectivity index (χ1v) is 12.7. The number of nitrogens with one attached hydrogen (secondary N) is 1. The Balaban J connectivity index is 1.41. The zero-order chi connectivity index (χ0) is 26.7. The van der Waals surface area contributed by atoms with Crippen LogP contribution >= 0.6 is 23.2 Å². The van der Waals surface area contributed by atoms with Crippen LogP contribution in [0.1, 0.15) is 34.0 Å². The standard InChI is InChI=1S/C30H26Cl2N2O4/c1-2-36-29-17-23(11-13-28(29)38-19-21-7-4-3-5-8-21)30(35)34-33-18-24-16-26(32)12-14-27(24)37-20-22-9-6-10-25(31)15-22/h3-18H,2,19-20H2,1H3,(H,34,35)/b33-18+. The molecule has 194 valence electrons. The second-order valence-electron chi connectivity index (χ2n) is 8.17. The molecule has 8 heteroatoms. The van der Waals surface area contributed by atoms with E-state index in [2.05, 4.69) is 10.5 Å².